The molecule has 1 amide bonds. The van der Waals surface area contributed by atoms with Gasteiger partial charge in [-0.2, -0.15) is 4.68 Å². The molecular weight excluding hydrogens is 426 g/mol. The van der Waals surface area contributed by atoms with Gasteiger partial charge in [-0.05, 0) is 64.4 Å². The number of ether oxygens (including phenoxy) is 2. The number of hydrogen-bond acceptors (Lipinski definition) is 7. The number of amides is 1. The van der Waals surface area contributed by atoms with Crippen LogP contribution >= 0.6 is 23.4 Å². The Morgan fingerprint density at radius 2 is 1.83 bits per heavy atom. The Bertz CT molecular complexity index is 1060. The number of methoxy groups -OCH3 is 2. The van der Waals surface area contributed by atoms with Crippen LogP contribution < -0.4 is 9.47 Å². The molecule has 0 unspecified atom stereocenters. The molecule has 0 aliphatic carbocycles. The number of aromatic nitrogens is 4. The van der Waals surface area contributed by atoms with E-state index in [0.29, 0.717) is 34.8 Å². The van der Waals surface area contributed by atoms with Crippen LogP contribution in [-0.4, -0.2) is 57.5 Å². The molecular formula is C20H20ClN5O3S. The summed E-state index contributed by atoms with van der Waals surface area (Å²) in [6.07, 6.45) is 0.772. The van der Waals surface area contributed by atoms with Crippen molar-refractivity contribution in [3.8, 4) is 17.2 Å². The van der Waals surface area contributed by atoms with Crippen LogP contribution in [0, 0.1) is 0 Å². The van der Waals surface area contributed by atoms with Gasteiger partial charge < -0.3 is 14.4 Å². The molecule has 0 fully saturated rings. The molecule has 8 nitrogen and oxygen atoms in total. The maximum atomic E-state index is 12.8. The van der Waals surface area contributed by atoms with Gasteiger partial charge in [0.1, 0.15) is 0 Å². The third-order valence-corrected chi connectivity index (χ3v) is 6.06. The summed E-state index contributed by atoms with van der Waals surface area (Å²) < 4.78 is 12.4. The smallest absolute Gasteiger partial charge is 0.233 e. The Hall–Kier alpha value is -2.78. The van der Waals surface area contributed by atoms with E-state index in [1.54, 1.807) is 31.0 Å². The number of tetrazole rings is 1. The largest absolute Gasteiger partial charge is 0.493 e. The summed E-state index contributed by atoms with van der Waals surface area (Å²) in [6.45, 7) is 1.20. The third-order valence-electron chi connectivity index (χ3n) is 4.91. The summed E-state index contributed by atoms with van der Waals surface area (Å²) >= 11 is 7.25. The lowest BCUT2D eigenvalue weighted by Gasteiger charge is -2.29. The fraction of sp³-hybridized carbons (Fsp3) is 0.300. The molecule has 2 aromatic carbocycles. The first-order valence-electron chi connectivity index (χ1n) is 9.27. The van der Waals surface area contributed by atoms with Crippen LogP contribution in [0.4, 0.5) is 0 Å². The minimum absolute atomic E-state index is 0.0334. The number of carbonyl (C=O) groups excluding carboxylic acids is 1. The molecule has 0 atom stereocenters. The van der Waals surface area contributed by atoms with Crippen molar-refractivity contribution in [2.75, 3.05) is 26.5 Å². The number of benzene rings is 2. The van der Waals surface area contributed by atoms with Gasteiger partial charge in [0, 0.05) is 18.1 Å². The number of halogens is 1. The van der Waals surface area contributed by atoms with Crippen molar-refractivity contribution < 1.29 is 14.3 Å². The molecule has 4 rings (SSSR count). The fourth-order valence-electron chi connectivity index (χ4n) is 3.33. The molecule has 0 N–H and O–H groups in total. The van der Waals surface area contributed by atoms with Gasteiger partial charge in [0.2, 0.25) is 11.1 Å². The highest BCUT2D eigenvalue weighted by Crippen LogP contribution is 2.33. The van der Waals surface area contributed by atoms with E-state index in [2.05, 4.69) is 15.5 Å². The summed E-state index contributed by atoms with van der Waals surface area (Å²) in [5.41, 5.74) is 3.03. The molecule has 10 heteroatoms. The second-order valence-corrected chi connectivity index (χ2v) is 8.06. The van der Waals surface area contributed by atoms with Crippen molar-refractivity contribution in [3.05, 3.63) is 52.5 Å². The van der Waals surface area contributed by atoms with Gasteiger partial charge in [0.25, 0.3) is 0 Å². The van der Waals surface area contributed by atoms with E-state index in [0.717, 1.165) is 17.7 Å². The molecule has 156 valence electrons. The molecule has 0 saturated carbocycles. The first-order valence-corrected chi connectivity index (χ1v) is 10.6. The van der Waals surface area contributed by atoms with E-state index in [4.69, 9.17) is 21.1 Å². The summed E-state index contributed by atoms with van der Waals surface area (Å²) in [5.74, 6) is 1.66. The van der Waals surface area contributed by atoms with Gasteiger partial charge in [-0.15, -0.1) is 5.10 Å². The van der Waals surface area contributed by atoms with Crippen molar-refractivity contribution >= 4 is 29.3 Å². The second kappa shape index (κ2) is 8.93. The quantitative estimate of drug-likeness (QED) is 0.539. The minimum atomic E-state index is 0.0334. The molecule has 1 aliphatic heterocycles. The van der Waals surface area contributed by atoms with Crippen molar-refractivity contribution in [1.82, 2.24) is 25.1 Å². The lowest BCUT2D eigenvalue weighted by atomic mass is 9.99. The zero-order valence-electron chi connectivity index (χ0n) is 16.5. The van der Waals surface area contributed by atoms with Gasteiger partial charge in [0.15, 0.2) is 11.5 Å². The van der Waals surface area contributed by atoms with Crippen molar-refractivity contribution in [2.24, 2.45) is 0 Å². The van der Waals surface area contributed by atoms with Gasteiger partial charge in [0.05, 0.1) is 25.7 Å². The Kier molecular flexibility index (Phi) is 6.10. The molecule has 0 radical (unpaired) electrons. The van der Waals surface area contributed by atoms with Crippen LogP contribution in [0.2, 0.25) is 5.02 Å². The number of carbonyl (C=O) groups is 1. The van der Waals surface area contributed by atoms with Crippen LogP contribution in [0.5, 0.6) is 11.5 Å². The number of nitrogens with zero attached hydrogens (tertiary/aromatic N) is 5. The monoisotopic (exact) mass is 445 g/mol. The lowest BCUT2D eigenvalue weighted by Crippen LogP contribution is -2.37. The van der Waals surface area contributed by atoms with Crippen LogP contribution in [0.15, 0.2) is 41.6 Å². The summed E-state index contributed by atoms with van der Waals surface area (Å²) in [6, 6.07) is 11.1. The number of thioether (sulfide) groups is 1. The summed E-state index contributed by atoms with van der Waals surface area (Å²) in [4.78, 5) is 14.7. The van der Waals surface area contributed by atoms with E-state index in [-0.39, 0.29) is 11.7 Å². The molecule has 0 saturated heterocycles. The average molecular weight is 446 g/mol. The van der Waals surface area contributed by atoms with Crippen molar-refractivity contribution in [3.63, 3.8) is 0 Å². The Balaban J connectivity index is 1.43. The topological polar surface area (TPSA) is 82.4 Å². The maximum absolute atomic E-state index is 12.8. The molecule has 1 aromatic heterocycles. The van der Waals surface area contributed by atoms with Gasteiger partial charge in [-0.3, -0.25) is 4.79 Å². The number of rotatable bonds is 6. The molecule has 0 spiro atoms. The van der Waals surface area contributed by atoms with Crippen LogP contribution in [0.25, 0.3) is 5.69 Å². The van der Waals surface area contributed by atoms with Crippen LogP contribution in [0.1, 0.15) is 11.1 Å². The highest BCUT2D eigenvalue weighted by atomic mass is 35.5. The highest BCUT2D eigenvalue weighted by Gasteiger charge is 2.23. The summed E-state index contributed by atoms with van der Waals surface area (Å²) in [7, 11) is 3.23. The van der Waals surface area contributed by atoms with Crippen molar-refractivity contribution in [1.29, 1.82) is 0 Å². The van der Waals surface area contributed by atoms with Crippen LogP contribution in [-0.2, 0) is 17.8 Å². The average Bonchev–Trinajstić information content (AvgIpc) is 3.25. The SMILES string of the molecule is COc1cc2c(cc1OC)CN(C(=O)CSc1nnnn1-c1ccc(Cl)cc1)CC2. The third kappa shape index (κ3) is 4.22. The maximum Gasteiger partial charge on any atom is 0.233 e. The number of hydrogen-bond donors (Lipinski definition) is 0. The first kappa shape index (κ1) is 20.5. The Morgan fingerprint density at radius 3 is 2.53 bits per heavy atom. The summed E-state index contributed by atoms with van der Waals surface area (Å²) in [5, 5.41) is 13.0. The minimum Gasteiger partial charge on any atom is -0.493 e. The van der Waals surface area contributed by atoms with E-state index in [1.165, 1.54) is 17.3 Å². The lowest BCUT2D eigenvalue weighted by molar-refractivity contribution is -0.129. The zero-order valence-corrected chi connectivity index (χ0v) is 18.1. The van der Waals surface area contributed by atoms with Gasteiger partial charge in [-0.25, -0.2) is 0 Å². The van der Waals surface area contributed by atoms with Gasteiger partial charge >= 0.3 is 0 Å². The van der Waals surface area contributed by atoms with E-state index < -0.39 is 0 Å². The van der Waals surface area contributed by atoms with Crippen molar-refractivity contribution in [2.45, 2.75) is 18.1 Å². The molecule has 0 bridgehead atoms. The van der Waals surface area contributed by atoms with E-state index >= 15 is 0 Å². The standard InChI is InChI=1S/C20H20ClN5O3S/c1-28-17-9-13-7-8-25(11-14(13)10-18(17)29-2)19(27)12-30-20-22-23-24-26(20)16-5-3-15(21)4-6-16/h3-6,9-10H,7-8,11-12H2,1-2H3. The molecule has 2 heterocycles. The number of fused-ring (bicyclic) bond motifs is 1. The Labute approximate surface area is 183 Å². The molecule has 1 aliphatic rings. The van der Waals surface area contributed by atoms with Crippen LogP contribution in [0.3, 0.4) is 0 Å². The van der Waals surface area contributed by atoms with E-state index in [9.17, 15) is 4.79 Å². The predicted octanol–water partition coefficient (Wildman–Crippen LogP) is 3.01. The predicted molar refractivity (Wildman–Crippen MR) is 114 cm³/mol. The zero-order chi connectivity index (χ0) is 21.1. The highest BCUT2D eigenvalue weighted by molar-refractivity contribution is 7.99. The van der Waals surface area contributed by atoms with E-state index in [1.807, 2.05) is 29.2 Å². The fourth-order valence-corrected chi connectivity index (χ4v) is 4.25. The first-order chi connectivity index (χ1) is 14.6. The Morgan fingerprint density at radius 1 is 1.13 bits per heavy atom. The second-order valence-electron chi connectivity index (χ2n) is 6.68. The molecule has 3 aromatic rings. The van der Waals surface area contributed by atoms with Gasteiger partial charge in [-0.1, -0.05) is 23.4 Å². The molecule has 30 heavy (non-hydrogen) atoms. The normalized spacial score (nSPS) is 13.1.